The lowest BCUT2D eigenvalue weighted by atomic mass is 10.6. The molecule has 60 valence electrons. The third-order valence-electron chi connectivity index (χ3n) is 0.919. The molecule has 0 bridgehead atoms. The van der Waals surface area contributed by atoms with Crippen LogP contribution in [0.4, 0.5) is 0 Å². The number of nitrogens with zero attached hydrogens (tertiary/aromatic N) is 2. The van der Waals surface area contributed by atoms with Crippen LogP contribution in [0.3, 0.4) is 0 Å². The number of rotatable bonds is 2. The van der Waals surface area contributed by atoms with Gasteiger partial charge >= 0.3 is 0 Å². The molecule has 0 saturated heterocycles. The zero-order chi connectivity index (χ0) is 13.3. The average Bonchev–Trinajstić information content (AvgIpc) is 2.07. The Bertz CT molecular complexity index is 372. The van der Waals surface area contributed by atoms with Crippen molar-refractivity contribution in [1.29, 1.82) is 0 Å². The van der Waals surface area contributed by atoms with Gasteiger partial charge in [-0.05, 0) is 15.9 Å². The topological polar surface area (TPSA) is 44.2 Å². The van der Waals surface area contributed by atoms with E-state index >= 15 is 0 Å². The van der Waals surface area contributed by atoms with Gasteiger partial charge in [0, 0.05) is 0 Å². The highest BCUT2D eigenvalue weighted by Crippen LogP contribution is 2.28. The fourth-order valence-corrected chi connectivity index (χ4v) is 0.847. The lowest BCUT2D eigenvalue weighted by Crippen LogP contribution is -1.94. The summed E-state index contributed by atoms with van der Waals surface area (Å²) in [6.45, 7) is 0. The Hall–Kier alpha value is -0.840. The number of hydrogen-bond donors (Lipinski definition) is 0. The van der Waals surface area contributed by atoms with Crippen LogP contribution in [0.5, 0.6) is 11.8 Å². The van der Waals surface area contributed by atoms with Crippen LogP contribution in [0.2, 0.25) is 0 Å². The minimum absolute atomic E-state index is 0.0766. The second-order valence-corrected chi connectivity index (χ2v) is 2.30. The van der Waals surface area contributed by atoms with Crippen LogP contribution >= 0.6 is 15.9 Å². The molecule has 0 radical (unpaired) electrons. The summed E-state index contributed by atoms with van der Waals surface area (Å²) in [5.74, 6) is -0.640. The van der Waals surface area contributed by atoms with Gasteiger partial charge in [-0.15, -0.1) is 0 Å². The monoisotopic (exact) mass is 224 g/mol. The Morgan fingerprint density at radius 1 is 1.36 bits per heavy atom. The Morgan fingerprint density at radius 2 is 1.91 bits per heavy atom. The molecule has 0 aliphatic carbocycles. The van der Waals surface area contributed by atoms with Gasteiger partial charge in [-0.1, -0.05) is 0 Å². The first-order valence-corrected chi connectivity index (χ1v) is 3.26. The van der Waals surface area contributed by atoms with E-state index in [9.17, 15) is 0 Å². The van der Waals surface area contributed by atoms with E-state index in [0.717, 1.165) is 6.33 Å². The first kappa shape index (κ1) is 3.26. The number of aromatic nitrogens is 2. The van der Waals surface area contributed by atoms with E-state index in [1.54, 1.807) is 0 Å². The van der Waals surface area contributed by atoms with Gasteiger partial charge in [0.05, 0.1) is 22.3 Å². The van der Waals surface area contributed by atoms with Crippen molar-refractivity contribution in [3.8, 4) is 11.8 Å². The van der Waals surface area contributed by atoms with Gasteiger partial charge in [0.25, 0.3) is 0 Å². The summed E-state index contributed by atoms with van der Waals surface area (Å²) < 4.78 is 50.3. The molecule has 0 unspecified atom stereocenters. The number of hydrogen-bond acceptors (Lipinski definition) is 4. The van der Waals surface area contributed by atoms with Crippen molar-refractivity contribution >= 4 is 15.9 Å². The van der Waals surface area contributed by atoms with Crippen LogP contribution in [-0.2, 0) is 0 Å². The molecule has 0 N–H and O–H groups in total. The molecule has 4 nitrogen and oxygen atoms in total. The van der Waals surface area contributed by atoms with Crippen molar-refractivity contribution in [3.63, 3.8) is 0 Å². The van der Waals surface area contributed by atoms with E-state index in [1.165, 1.54) is 0 Å². The molecule has 0 amide bonds. The van der Waals surface area contributed by atoms with Gasteiger partial charge in [0.1, 0.15) is 10.8 Å². The van der Waals surface area contributed by atoms with Gasteiger partial charge in [-0.2, -0.15) is 0 Å². The van der Waals surface area contributed by atoms with Crippen molar-refractivity contribution in [2.24, 2.45) is 0 Å². The molecule has 0 fully saturated rings. The minimum atomic E-state index is -2.70. The summed E-state index contributed by atoms with van der Waals surface area (Å²) in [6.07, 6.45) is 0.937. The van der Waals surface area contributed by atoms with E-state index in [0.29, 0.717) is 0 Å². The molecule has 0 spiro atoms. The minimum Gasteiger partial charge on any atom is -0.480 e. The summed E-state index contributed by atoms with van der Waals surface area (Å²) in [5, 5.41) is 0. The number of ether oxygens (including phenoxy) is 2. The maximum absolute atomic E-state index is 6.89. The van der Waals surface area contributed by atoms with Gasteiger partial charge in [-0.3, -0.25) is 0 Å². The molecule has 0 saturated carbocycles. The Balaban J connectivity index is 3.00. The van der Waals surface area contributed by atoms with Gasteiger partial charge in [0.2, 0.25) is 11.8 Å². The summed E-state index contributed by atoms with van der Waals surface area (Å²) in [7, 11) is -5.40. The largest absolute Gasteiger partial charge is 0.480 e. The third kappa shape index (κ3) is 1.59. The van der Waals surface area contributed by atoms with Crippen LogP contribution < -0.4 is 9.47 Å². The van der Waals surface area contributed by atoms with Crippen LogP contribution in [0, 0.1) is 0 Å². The predicted molar refractivity (Wildman–Crippen MR) is 42.8 cm³/mol. The number of halogens is 1. The molecule has 11 heavy (non-hydrogen) atoms. The molecular formula is C6H7BrN2O2. The van der Waals surface area contributed by atoms with E-state index < -0.39 is 14.1 Å². The zero-order valence-corrected chi connectivity index (χ0v) is 6.75. The fraction of sp³-hybridized carbons (Fsp3) is 0.333. The van der Waals surface area contributed by atoms with E-state index in [4.69, 9.17) is 8.22 Å². The summed E-state index contributed by atoms with van der Waals surface area (Å²) in [4.78, 5) is 7.10. The van der Waals surface area contributed by atoms with Crippen molar-refractivity contribution < 1.29 is 17.7 Å². The predicted octanol–water partition coefficient (Wildman–Crippen LogP) is 1.26. The van der Waals surface area contributed by atoms with Crippen LogP contribution in [-0.4, -0.2) is 24.0 Å². The highest BCUT2D eigenvalue weighted by molar-refractivity contribution is 9.10. The van der Waals surface area contributed by atoms with Crippen LogP contribution in [0.25, 0.3) is 0 Å². The third-order valence-corrected chi connectivity index (χ3v) is 1.60. The van der Waals surface area contributed by atoms with E-state index in [2.05, 4.69) is 35.4 Å². The smallest absolute Gasteiger partial charge is 0.234 e. The van der Waals surface area contributed by atoms with E-state index in [-0.39, 0.29) is 16.2 Å². The molecule has 1 aromatic rings. The quantitative estimate of drug-likeness (QED) is 0.759. The second-order valence-electron chi connectivity index (χ2n) is 1.50. The lowest BCUT2D eigenvalue weighted by Gasteiger charge is -2.03. The Labute approximate surface area is 81.1 Å². The van der Waals surface area contributed by atoms with Crippen molar-refractivity contribution in [1.82, 2.24) is 9.97 Å². The molecule has 0 aliphatic heterocycles. The maximum atomic E-state index is 6.89. The van der Waals surface area contributed by atoms with Gasteiger partial charge in [0.15, 0.2) is 0 Å². The molecule has 0 atom stereocenters. The Morgan fingerprint density at radius 3 is 2.36 bits per heavy atom. The molecular weight excluding hydrogens is 212 g/mol. The van der Waals surface area contributed by atoms with Gasteiger partial charge in [-0.25, -0.2) is 9.97 Å². The van der Waals surface area contributed by atoms with Crippen molar-refractivity contribution in [3.05, 3.63) is 10.8 Å². The summed E-state index contributed by atoms with van der Waals surface area (Å²) >= 11 is 2.91. The summed E-state index contributed by atoms with van der Waals surface area (Å²) in [6, 6.07) is 0. The molecule has 5 heteroatoms. The van der Waals surface area contributed by atoms with Crippen molar-refractivity contribution in [2.45, 2.75) is 0 Å². The number of methoxy groups -OCH3 is 2. The zero-order valence-electron chi connectivity index (χ0n) is 11.2. The molecule has 1 rings (SSSR count). The Kier molecular flexibility index (Phi) is 1.05. The first-order chi connectivity index (χ1) is 7.58. The molecule has 1 heterocycles. The normalized spacial score (nSPS) is 19.7. The molecule has 1 aromatic heterocycles. The van der Waals surface area contributed by atoms with Crippen LogP contribution in [0.1, 0.15) is 8.22 Å². The maximum Gasteiger partial charge on any atom is 0.234 e. The fourth-order valence-electron chi connectivity index (χ4n) is 0.481. The van der Waals surface area contributed by atoms with Crippen LogP contribution in [0.15, 0.2) is 10.8 Å². The SMILES string of the molecule is [2H]C([2H])([2H])Oc1ncnc(OC([2H])([2H])[2H])c1Br. The summed E-state index contributed by atoms with van der Waals surface area (Å²) in [5.41, 5.74) is 0. The first-order valence-electron chi connectivity index (χ1n) is 5.47. The highest BCUT2D eigenvalue weighted by atomic mass is 79.9. The van der Waals surface area contributed by atoms with Crippen molar-refractivity contribution in [2.75, 3.05) is 14.1 Å². The lowest BCUT2D eigenvalue weighted by molar-refractivity contribution is 0.366. The highest BCUT2D eigenvalue weighted by Gasteiger charge is 2.07. The standard InChI is InChI=1S/C6H7BrN2O2/c1-10-5-4(7)6(11-2)9-3-8-5/h3H,1-2H3/i1D3,2D3. The van der Waals surface area contributed by atoms with Gasteiger partial charge < -0.3 is 9.47 Å². The second kappa shape index (κ2) is 3.52. The molecule has 0 aliphatic rings. The average molecular weight is 225 g/mol. The molecule has 0 aromatic carbocycles. The van der Waals surface area contributed by atoms with E-state index in [1.807, 2.05) is 0 Å².